The van der Waals surface area contributed by atoms with Gasteiger partial charge in [-0.2, -0.15) is 0 Å². The molecule has 1 amide bonds. The lowest BCUT2D eigenvalue weighted by Gasteiger charge is -2.31. The van der Waals surface area contributed by atoms with Crippen LogP contribution >= 0.6 is 0 Å². The topological polar surface area (TPSA) is 66.0 Å². The normalized spacial score (nSPS) is 16.1. The number of ether oxygens (including phenoxy) is 1. The number of aliphatic imine (C=N–C) groups is 1. The summed E-state index contributed by atoms with van der Waals surface area (Å²) in [5.41, 5.74) is 1.99. The van der Waals surface area contributed by atoms with Crippen LogP contribution in [0.5, 0.6) is 0 Å². The first-order valence-corrected chi connectivity index (χ1v) is 10.8. The van der Waals surface area contributed by atoms with Crippen LogP contribution in [0.1, 0.15) is 57.6 Å². The largest absolute Gasteiger partial charge is 0.374 e. The molecule has 1 fully saturated rings. The van der Waals surface area contributed by atoms with Gasteiger partial charge in [0, 0.05) is 27.2 Å². The van der Waals surface area contributed by atoms with Crippen LogP contribution in [-0.2, 0) is 22.7 Å². The van der Waals surface area contributed by atoms with Gasteiger partial charge in [0.05, 0.1) is 24.7 Å². The zero-order chi connectivity index (χ0) is 21.3. The molecule has 0 heterocycles. The molecule has 0 saturated heterocycles. The predicted octanol–water partition coefficient (Wildman–Crippen LogP) is 3.32. The van der Waals surface area contributed by atoms with E-state index in [-0.39, 0.29) is 17.4 Å². The highest BCUT2D eigenvalue weighted by Gasteiger charge is 2.42. The molecule has 2 N–H and O–H groups in total. The number of hydrogen-bond donors (Lipinski definition) is 2. The van der Waals surface area contributed by atoms with Crippen molar-refractivity contribution >= 4 is 11.9 Å². The molecule has 2 rings (SSSR count). The molecule has 1 saturated carbocycles. The van der Waals surface area contributed by atoms with E-state index < -0.39 is 0 Å². The maximum Gasteiger partial charge on any atom is 0.230 e. The van der Waals surface area contributed by atoms with Crippen molar-refractivity contribution in [3.63, 3.8) is 0 Å². The number of amides is 1. The van der Waals surface area contributed by atoms with Crippen LogP contribution in [0.3, 0.4) is 0 Å². The van der Waals surface area contributed by atoms with E-state index in [1.807, 2.05) is 34.0 Å². The first-order valence-electron chi connectivity index (χ1n) is 10.8. The maximum absolute atomic E-state index is 12.8. The van der Waals surface area contributed by atoms with Gasteiger partial charge in [0.25, 0.3) is 0 Å². The third-order valence-corrected chi connectivity index (χ3v) is 5.35. The van der Waals surface area contributed by atoms with Crippen molar-refractivity contribution in [1.29, 1.82) is 0 Å². The Morgan fingerprint density at radius 1 is 1.21 bits per heavy atom. The summed E-state index contributed by atoms with van der Waals surface area (Å²) < 4.78 is 5.70. The van der Waals surface area contributed by atoms with Gasteiger partial charge < -0.3 is 20.3 Å². The van der Waals surface area contributed by atoms with Gasteiger partial charge in [0.1, 0.15) is 0 Å². The first kappa shape index (κ1) is 23.2. The fourth-order valence-electron chi connectivity index (χ4n) is 3.84. The maximum atomic E-state index is 12.8. The van der Waals surface area contributed by atoms with E-state index in [1.54, 1.807) is 4.90 Å². The Kier molecular flexibility index (Phi) is 8.96. The second-order valence-electron chi connectivity index (χ2n) is 8.42. The molecule has 6 nitrogen and oxygen atoms in total. The molecule has 1 aromatic rings. The molecule has 0 unspecified atom stereocenters. The smallest absolute Gasteiger partial charge is 0.230 e. The number of carbonyl (C=O) groups is 1. The Balaban J connectivity index is 2.02. The lowest BCUT2D eigenvalue weighted by atomic mass is 9.84. The fraction of sp³-hybridized carbons (Fsp3) is 0.652. The summed E-state index contributed by atoms with van der Waals surface area (Å²) in [6.45, 7) is 8.74. The van der Waals surface area contributed by atoms with Crippen molar-refractivity contribution in [2.45, 2.75) is 65.7 Å². The molecular weight excluding hydrogens is 364 g/mol. The molecule has 29 heavy (non-hydrogen) atoms. The highest BCUT2D eigenvalue weighted by atomic mass is 16.5. The molecule has 162 valence electrons. The minimum absolute atomic E-state index is 0.217. The van der Waals surface area contributed by atoms with Crippen LogP contribution in [-0.4, -0.2) is 50.1 Å². The fourth-order valence-corrected chi connectivity index (χ4v) is 3.84. The summed E-state index contributed by atoms with van der Waals surface area (Å²) in [6, 6.07) is 8.35. The van der Waals surface area contributed by atoms with Gasteiger partial charge in [-0.15, -0.1) is 0 Å². The van der Waals surface area contributed by atoms with Gasteiger partial charge in [0.15, 0.2) is 5.96 Å². The Morgan fingerprint density at radius 3 is 2.52 bits per heavy atom. The summed E-state index contributed by atoms with van der Waals surface area (Å²) in [5, 5.41) is 6.74. The lowest BCUT2D eigenvalue weighted by Crippen LogP contribution is -2.49. The minimum atomic E-state index is -0.312. The number of nitrogens with zero attached hydrogens (tertiary/aromatic N) is 2. The van der Waals surface area contributed by atoms with E-state index in [9.17, 15) is 4.79 Å². The van der Waals surface area contributed by atoms with Gasteiger partial charge in [0.2, 0.25) is 5.91 Å². The van der Waals surface area contributed by atoms with E-state index in [0.717, 1.165) is 49.3 Å². The number of benzene rings is 1. The van der Waals surface area contributed by atoms with E-state index in [1.165, 1.54) is 0 Å². The average Bonchev–Trinajstić information content (AvgIpc) is 3.18. The van der Waals surface area contributed by atoms with Crippen molar-refractivity contribution in [2.75, 3.05) is 27.2 Å². The van der Waals surface area contributed by atoms with E-state index in [4.69, 9.17) is 9.73 Å². The van der Waals surface area contributed by atoms with Gasteiger partial charge in [-0.05, 0) is 44.7 Å². The lowest BCUT2D eigenvalue weighted by molar-refractivity contribution is -0.138. The molecule has 1 aromatic carbocycles. The van der Waals surface area contributed by atoms with Crippen molar-refractivity contribution in [2.24, 2.45) is 10.4 Å². The van der Waals surface area contributed by atoms with Crippen LogP contribution in [0.2, 0.25) is 0 Å². The third kappa shape index (κ3) is 7.03. The monoisotopic (exact) mass is 402 g/mol. The summed E-state index contributed by atoms with van der Waals surface area (Å²) in [7, 11) is 3.69. The predicted molar refractivity (Wildman–Crippen MR) is 119 cm³/mol. The molecular formula is C23H38N4O2. The van der Waals surface area contributed by atoms with Gasteiger partial charge in [-0.1, -0.05) is 37.1 Å². The molecule has 1 aliphatic carbocycles. The second-order valence-corrected chi connectivity index (χ2v) is 8.42. The Bertz CT molecular complexity index is 679. The Hall–Kier alpha value is -2.08. The first-order chi connectivity index (χ1) is 13.9. The van der Waals surface area contributed by atoms with Crippen LogP contribution < -0.4 is 10.6 Å². The van der Waals surface area contributed by atoms with Crippen molar-refractivity contribution in [3.05, 3.63) is 35.4 Å². The standard InChI is InChI=1S/C23H38N4O2/c1-6-24-22(26-17-23(12-7-8-13-23)21(28)27(4)5)25-15-19-10-9-11-20(14-19)16-29-18(2)3/h9-11,14,18H,6-8,12-13,15-17H2,1-5H3,(H2,24,25,26). The Morgan fingerprint density at radius 2 is 1.90 bits per heavy atom. The van der Waals surface area contributed by atoms with Gasteiger partial charge in [-0.25, -0.2) is 4.99 Å². The number of guanidine groups is 1. The zero-order valence-corrected chi connectivity index (χ0v) is 18.8. The van der Waals surface area contributed by atoms with Crippen LogP contribution in [0.25, 0.3) is 0 Å². The third-order valence-electron chi connectivity index (χ3n) is 5.35. The summed E-state index contributed by atoms with van der Waals surface area (Å²) in [6.07, 6.45) is 4.32. The number of carbonyl (C=O) groups excluding carboxylic acids is 1. The van der Waals surface area contributed by atoms with Crippen molar-refractivity contribution < 1.29 is 9.53 Å². The van der Waals surface area contributed by atoms with Crippen LogP contribution in [0.4, 0.5) is 0 Å². The SMILES string of the molecule is CCNC(=NCc1cccc(COC(C)C)c1)NCC1(C(=O)N(C)C)CCCC1. The molecule has 0 spiro atoms. The molecule has 0 bridgehead atoms. The second kappa shape index (κ2) is 11.2. The number of nitrogens with one attached hydrogen (secondary N) is 2. The summed E-state index contributed by atoms with van der Waals surface area (Å²) in [4.78, 5) is 19.2. The number of hydrogen-bond acceptors (Lipinski definition) is 3. The summed E-state index contributed by atoms with van der Waals surface area (Å²) in [5.74, 6) is 0.977. The molecule has 6 heteroatoms. The van der Waals surface area contributed by atoms with Crippen LogP contribution in [0, 0.1) is 5.41 Å². The van der Waals surface area contributed by atoms with Crippen LogP contribution in [0.15, 0.2) is 29.3 Å². The van der Waals surface area contributed by atoms with Gasteiger partial charge in [-0.3, -0.25) is 4.79 Å². The quantitative estimate of drug-likeness (QED) is 0.491. The zero-order valence-electron chi connectivity index (χ0n) is 18.8. The minimum Gasteiger partial charge on any atom is -0.374 e. The molecule has 1 aliphatic rings. The molecule has 0 radical (unpaired) electrons. The van der Waals surface area contributed by atoms with E-state index in [0.29, 0.717) is 19.7 Å². The van der Waals surface area contributed by atoms with Crippen molar-refractivity contribution in [3.8, 4) is 0 Å². The Labute approximate surface area is 176 Å². The van der Waals surface area contributed by atoms with Gasteiger partial charge >= 0.3 is 0 Å². The van der Waals surface area contributed by atoms with E-state index >= 15 is 0 Å². The molecule has 0 aliphatic heterocycles. The highest BCUT2D eigenvalue weighted by molar-refractivity contribution is 5.85. The van der Waals surface area contributed by atoms with Crippen molar-refractivity contribution in [1.82, 2.24) is 15.5 Å². The highest BCUT2D eigenvalue weighted by Crippen LogP contribution is 2.38. The molecule has 0 atom stereocenters. The number of rotatable bonds is 9. The molecule has 0 aromatic heterocycles. The average molecular weight is 403 g/mol. The summed E-state index contributed by atoms with van der Waals surface area (Å²) >= 11 is 0. The van der Waals surface area contributed by atoms with E-state index in [2.05, 4.69) is 35.8 Å².